The van der Waals surface area contributed by atoms with Crippen molar-refractivity contribution in [3.8, 4) is 0 Å². The molecule has 2 aromatic rings. The van der Waals surface area contributed by atoms with E-state index in [0.29, 0.717) is 11.6 Å². The minimum atomic E-state index is 0.0239. The van der Waals surface area contributed by atoms with Crippen LogP contribution in [-0.2, 0) is 6.54 Å². The maximum Gasteiger partial charge on any atom is 0.274 e. The van der Waals surface area contributed by atoms with E-state index in [9.17, 15) is 4.79 Å². The Balaban J connectivity index is 1.39. The van der Waals surface area contributed by atoms with Crippen molar-refractivity contribution in [2.24, 2.45) is 5.41 Å². The van der Waals surface area contributed by atoms with Gasteiger partial charge in [0.1, 0.15) is 5.69 Å². The molecule has 0 radical (unpaired) electrons. The Morgan fingerprint density at radius 2 is 1.86 bits per heavy atom. The molecular weight excluding hydrogens is 360 g/mol. The number of benzene rings is 1. The van der Waals surface area contributed by atoms with Crippen molar-refractivity contribution in [1.82, 2.24) is 19.8 Å². The van der Waals surface area contributed by atoms with Crippen LogP contribution < -0.4 is 0 Å². The quantitative estimate of drug-likeness (QED) is 0.788. The fourth-order valence-electron chi connectivity index (χ4n) is 4.82. The van der Waals surface area contributed by atoms with Crippen molar-refractivity contribution < 1.29 is 4.79 Å². The van der Waals surface area contributed by atoms with Crippen LogP contribution in [0.2, 0.25) is 0 Å². The molecule has 5 nitrogen and oxygen atoms in total. The molecule has 2 fully saturated rings. The van der Waals surface area contributed by atoms with Crippen molar-refractivity contribution in [2.45, 2.75) is 52.5 Å². The van der Waals surface area contributed by atoms with Crippen LogP contribution in [-0.4, -0.2) is 51.9 Å². The van der Waals surface area contributed by atoms with Crippen LogP contribution in [0, 0.1) is 12.3 Å². The summed E-state index contributed by atoms with van der Waals surface area (Å²) in [5.41, 5.74) is 4.30. The number of aryl methyl sites for hydroxylation is 1. The van der Waals surface area contributed by atoms with E-state index in [4.69, 9.17) is 0 Å². The molecule has 2 saturated heterocycles. The first kappa shape index (κ1) is 20.0. The van der Waals surface area contributed by atoms with Gasteiger partial charge < -0.3 is 4.90 Å². The summed E-state index contributed by atoms with van der Waals surface area (Å²) in [5, 5.41) is 0. The zero-order valence-corrected chi connectivity index (χ0v) is 17.9. The second kappa shape index (κ2) is 8.23. The summed E-state index contributed by atoms with van der Waals surface area (Å²) in [6, 6.07) is 9.07. The molecule has 5 heteroatoms. The lowest BCUT2D eigenvalue weighted by Crippen LogP contribution is -2.45. The number of amides is 1. The molecule has 0 saturated carbocycles. The molecule has 1 aromatic carbocycles. The van der Waals surface area contributed by atoms with E-state index in [1.54, 1.807) is 12.4 Å². The van der Waals surface area contributed by atoms with Gasteiger partial charge in [0, 0.05) is 37.8 Å². The molecule has 2 aliphatic heterocycles. The van der Waals surface area contributed by atoms with Gasteiger partial charge in [0.25, 0.3) is 5.91 Å². The van der Waals surface area contributed by atoms with Crippen LogP contribution in [0.5, 0.6) is 0 Å². The molecule has 1 atom stereocenters. The van der Waals surface area contributed by atoms with Gasteiger partial charge in [-0.15, -0.1) is 0 Å². The van der Waals surface area contributed by atoms with Crippen molar-refractivity contribution in [2.75, 3.05) is 26.2 Å². The van der Waals surface area contributed by atoms with Gasteiger partial charge in [0.2, 0.25) is 0 Å². The molecule has 0 N–H and O–H groups in total. The molecule has 154 valence electrons. The maximum absolute atomic E-state index is 12.9. The topological polar surface area (TPSA) is 49.3 Å². The monoisotopic (exact) mass is 392 g/mol. The van der Waals surface area contributed by atoms with Crippen molar-refractivity contribution >= 4 is 5.91 Å². The Labute approximate surface area is 174 Å². The number of aromatic nitrogens is 2. The van der Waals surface area contributed by atoms with Crippen molar-refractivity contribution in [3.05, 3.63) is 59.2 Å². The summed E-state index contributed by atoms with van der Waals surface area (Å²) < 4.78 is 0. The third-order valence-electron chi connectivity index (χ3n) is 6.52. The number of hydrogen-bond acceptors (Lipinski definition) is 4. The summed E-state index contributed by atoms with van der Waals surface area (Å²) in [6.07, 6.45) is 6.78. The number of carbonyl (C=O) groups excluding carboxylic acids is 1. The molecule has 0 aliphatic carbocycles. The Morgan fingerprint density at radius 3 is 2.55 bits per heavy atom. The standard InChI is InChI=1S/C24H32N4O/c1-18(2)21-7-5-20(6-8-21)15-27-11-4-9-24(16-27)10-12-28(17-24)23(29)22-14-25-19(3)13-26-22/h5-8,13-14,18H,4,9-12,15-17H2,1-3H3/t24-/m0/s1. The predicted octanol–water partition coefficient (Wildman–Crippen LogP) is 4.04. The predicted molar refractivity (Wildman–Crippen MR) is 115 cm³/mol. The molecule has 0 unspecified atom stereocenters. The SMILES string of the molecule is Cc1cnc(C(=O)N2CC[C@]3(CCCN(Cc4ccc(C(C)C)cc4)C3)C2)cn1. The number of nitrogens with zero attached hydrogens (tertiary/aromatic N) is 4. The summed E-state index contributed by atoms with van der Waals surface area (Å²) in [5.74, 6) is 0.596. The van der Waals surface area contributed by atoms with Crippen molar-refractivity contribution in [3.63, 3.8) is 0 Å². The Morgan fingerprint density at radius 1 is 1.07 bits per heavy atom. The van der Waals surface area contributed by atoms with Gasteiger partial charge in [-0.25, -0.2) is 4.98 Å². The first-order valence-electron chi connectivity index (χ1n) is 10.8. The van der Waals surface area contributed by atoms with Gasteiger partial charge >= 0.3 is 0 Å². The van der Waals surface area contributed by atoms with E-state index in [-0.39, 0.29) is 11.3 Å². The number of likely N-dealkylation sites (tertiary alicyclic amines) is 2. The van der Waals surface area contributed by atoms with Gasteiger partial charge in [-0.2, -0.15) is 0 Å². The highest BCUT2D eigenvalue weighted by molar-refractivity contribution is 5.92. The van der Waals surface area contributed by atoms with E-state index < -0.39 is 0 Å². The fraction of sp³-hybridized carbons (Fsp3) is 0.542. The number of carbonyl (C=O) groups is 1. The van der Waals surface area contributed by atoms with Crippen LogP contribution in [0.1, 0.15) is 66.3 Å². The molecule has 1 aromatic heterocycles. The van der Waals surface area contributed by atoms with Crippen LogP contribution >= 0.6 is 0 Å². The Kier molecular flexibility index (Phi) is 5.68. The van der Waals surface area contributed by atoms with Crippen LogP contribution in [0.3, 0.4) is 0 Å². The second-order valence-electron chi connectivity index (χ2n) is 9.23. The molecule has 1 spiro atoms. The Bertz CT molecular complexity index is 846. The zero-order valence-electron chi connectivity index (χ0n) is 17.9. The molecular formula is C24H32N4O. The first-order valence-corrected chi connectivity index (χ1v) is 10.8. The average Bonchev–Trinajstić information content (AvgIpc) is 3.11. The van der Waals surface area contributed by atoms with Gasteiger partial charge in [-0.05, 0) is 49.8 Å². The third kappa shape index (κ3) is 4.50. The minimum absolute atomic E-state index is 0.0239. The molecule has 1 amide bonds. The van der Waals surface area contributed by atoms with Gasteiger partial charge in [0.15, 0.2) is 0 Å². The van der Waals surface area contributed by atoms with E-state index in [2.05, 4.69) is 53.0 Å². The smallest absolute Gasteiger partial charge is 0.274 e. The summed E-state index contributed by atoms with van der Waals surface area (Å²) in [7, 11) is 0. The number of rotatable bonds is 4. The lowest BCUT2D eigenvalue weighted by atomic mass is 9.79. The fourth-order valence-corrected chi connectivity index (χ4v) is 4.82. The molecule has 2 aliphatic rings. The maximum atomic E-state index is 12.9. The number of piperidine rings is 1. The van der Waals surface area contributed by atoms with E-state index >= 15 is 0 Å². The first-order chi connectivity index (χ1) is 13.9. The lowest BCUT2D eigenvalue weighted by Gasteiger charge is -2.40. The summed E-state index contributed by atoms with van der Waals surface area (Å²) in [6.45, 7) is 11.2. The van der Waals surface area contributed by atoms with E-state index in [0.717, 1.165) is 44.8 Å². The second-order valence-corrected chi connectivity index (χ2v) is 9.23. The van der Waals surface area contributed by atoms with Gasteiger partial charge in [-0.1, -0.05) is 38.1 Å². The zero-order chi connectivity index (χ0) is 20.4. The van der Waals surface area contributed by atoms with Crippen LogP contribution in [0.25, 0.3) is 0 Å². The average molecular weight is 393 g/mol. The summed E-state index contributed by atoms with van der Waals surface area (Å²) in [4.78, 5) is 25.9. The molecule has 4 rings (SSSR count). The molecule has 3 heterocycles. The Hall–Kier alpha value is -2.27. The van der Waals surface area contributed by atoms with E-state index in [1.807, 2.05) is 11.8 Å². The summed E-state index contributed by atoms with van der Waals surface area (Å²) >= 11 is 0. The number of hydrogen-bond donors (Lipinski definition) is 0. The van der Waals surface area contributed by atoms with Crippen molar-refractivity contribution in [1.29, 1.82) is 0 Å². The molecule has 29 heavy (non-hydrogen) atoms. The minimum Gasteiger partial charge on any atom is -0.337 e. The van der Waals surface area contributed by atoms with Crippen LogP contribution in [0.15, 0.2) is 36.7 Å². The lowest BCUT2D eigenvalue weighted by molar-refractivity contribution is 0.0670. The highest BCUT2D eigenvalue weighted by Gasteiger charge is 2.43. The normalized spacial score (nSPS) is 22.6. The largest absolute Gasteiger partial charge is 0.337 e. The third-order valence-corrected chi connectivity index (χ3v) is 6.52. The molecule has 0 bridgehead atoms. The highest BCUT2D eigenvalue weighted by atomic mass is 16.2. The highest BCUT2D eigenvalue weighted by Crippen LogP contribution is 2.39. The van der Waals surface area contributed by atoms with E-state index in [1.165, 1.54) is 24.0 Å². The van der Waals surface area contributed by atoms with Gasteiger partial charge in [0.05, 0.1) is 11.9 Å². The van der Waals surface area contributed by atoms with Crippen LogP contribution in [0.4, 0.5) is 0 Å². The van der Waals surface area contributed by atoms with Gasteiger partial charge in [-0.3, -0.25) is 14.7 Å².